The molecule has 2 aliphatic rings. The number of alkyl halides is 1. The molecule has 3 atom stereocenters. The molecule has 0 amide bonds. The van der Waals surface area contributed by atoms with Crippen LogP contribution in [0.5, 0.6) is 0 Å². The Labute approximate surface area is 120 Å². The molecule has 0 N–H and O–H groups in total. The van der Waals surface area contributed by atoms with Gasteiger partial charge in [-0.05, 0) is 54.2 Å². The van der Waals surface area contributed by atoms with Crippen LogP contribution in [0.1, 0.15) is 32.1 Å². The molecule has 0 radical (unpaired) electrons. The van der Waals surface area contributed by atoms with E-state index >= 15 is 0 Å². The van der Waals surface area contributed by atoms with Gasteiger partial charge in [0.15, 0.2) is 3.61 Å². The Morgan fingerprint density at radius 1 is 1.44 bits per heavy atom. The Morgan fingerprint density at radius 3 is 2.67 bits per heavy atom. The minimum atomic E-state index is -0.470. The molecule has 0 aliphatic heterocycles. The third-order valence-corrected chi connectivity index (χ3v) is 5.40. The van der Waals surface area contributed by atoms with E-state index in [1.807, 2.05) is 0 Å². The number of hydrogen-bond acceptors (Lipinski definition) is 4. The molecular weight excluding hydrogens is 347 g/mol. The van der Waals surface area contributed by atoms with Gasteiger partial charge in [-0.2, -0.15) is 0 Å². The van der Waals surface area contributed by atoms with Crippen LogP contribution in [-0.2, 0) is 19.1 Å². The SMILES string of the molecule is C=C(CC(=O)OC)C(=O)OC1(I)CC2CCC1C2. The molecule has 0 saturated heterocycles. The summed E-state index contributed by atoms with van der Waals surface area (Å²) >= 11 is 2.25. The maximum Gasteiger partial charge on any atom is 0.335 e. The van der Waals surface area contributed by atoms with Gasteiger partial charge in [-0.15, -0.1) is 0 Å². The van der Waals surface area contributed by atoms with Gasteiger partial charge in [-0.3, -0.25) is 4.79 Å². The van der Waals surface area contributed by atoms with Crippen LogP contribution in [0.15, 0.2) is 12.2 Å². The fourth-order valence-corrected chi connectivity index (χ4v) is 4.27. The lowest BCUT2D eigenvalue weighted by Gasteiger charge is -2.31. The summed E-state index contributed by atoms with van der Waals surface area (Å²) in [4.78, 5) is 23.0. The molecule has 0 heterocycles. The van der Waals surface area contributed by atoms with Gasteiger partial charge >= 0.3 is 11.9 Å². The van der Waals surface area contributed by atoms with Crippen LogP contribution in [0.2, 0.25) is 0 Å². The number of rotatable bonds is 4. The first-order valence-electron chi connectivity index (χ1n) is 6.11. The van der Waals surface area contributed by atoms with Crippen molar-refractivity contribution in [1.82, 2.24) is 0 Å². The van der Waals surface area contributed by atoms with E-state index in [0.717, 1.165) is 19.3 Å². The van der Waals surface area contributed by atoms with E-state index in [2.05, 4.69) is 33.9 Å². The van der Waals surface area contributed by atoms with E-state index in [1.54, 1.807) is 0 Å². The molecule has 4 nitrogen and oxygen atoms in total. The lowest BCUT2D eigenvalue weighted by Crippen LogP contribution is -2.34. The summed E-state index contributed by atoms with van der Waals surface area (Å²) in [5, 5.41) is 0. The van der Waals surface area contributed by atoms with E-state index in [4.69, 9.17) is 4.74 Å². The lowest BCUT2D eigenvalue weighted by molar-refractivity contribution is -0.150. The molecule has 2 fully saturated rings. The number of esters is 2. The standard InChI is InChI=1S/C13H17IO4/c1-8(5-11(15)17-2)12(16)18-13(14)7-9-3-4-10(13)6-9/h9-10H,1,3-7H2,2H3. The minimum absolute atomic E-state index is 0.101. The fraction of sp³-hybridized carbons (Fsp3) is 0.692. The summed E-state index contributed by atoms with van der Waals surface area (Å²) in [7, 11) is 1.29. The predicted molar refractivity (Wildman–Crippen MR) is 74.1 cm³/mol. The van der Waals surface area contributed by atoms with Gasteiger partial charge in [0.05, 0.1) is 13.5 Å². The van der Waals surface area contributed by atoms with Crippen molar-refractivity contribution in [3.63, 3.8) is 0 Å². The maximum absolute atomic E-state index is 11.9. The van der Waals surface area contributed by atoms with Gasteiger partial charge in [0.1, 0.15) is 0 Å². The van der Waals surface area contributed by atoms with Crippen LogP contribution in [-0.4, -0.2) is 22.7 Å². The molecule has 2 bridgehead atoms. The average Bonchev–Trinajstić information content (AvgIpc) is 2.88. The second-order valence-corrected chi connectivity index (χ2v) is 6.94. The zero-order chi connectivity index (χ0) is 13.3. The zero-order valence-corrected chi connectivity index (χ0v) is 12.6. The lowest BCUT2D eigenvalue weighted by atomic mass is 9.97. The number of carbonyl (C=O) groups excluding carboxylic acids is 2. The number of fused-ring (bicyclic) bond motifs is 2. The van der Waals surface area contributed by atoms with E-state index < -0.39 is 15.5 Å². The maximum atomic E-state index is 11.9. The highest BCUT2D eigenvalue weighted by Gasteiger charge is 2.52. The van der Waals surface area contributed by atoms with Crippen molar-refractivity contribution >= 4 is 34.5 Å². The van der Waals surface area contributed by atoms with Gasteiger partial charge in [0.25, 0.3) is 0 Å². The van der Waals surface area contributed by atoms with Gasteiger partial charge in [0, 0.05) is 11.5 Å². The molecule has 3 unspecified atom stereocenters. The Morgan fingerprint density at radius 2 is 2.17 bits per heavy atom. The van der Waals surface area contributed by atoms with E-state index in [1.165, 1.54) is 13.5 Å². The van der Waals surface area contributed by atoms with E-state index in [0.29, 0.717) is 11.8 Å². The highest BCUT2D eigenvalue weighted by Crippen LogP contribution is 2.56. The van der Waals surface area contributed by atoms with Gasteiger partial charge in [0.2, 0.25) is 0 Å². The molecule has 2 rings (SSSR count). The van der Waals surface area contributed by atoms with Crippen LogP contribution >= 0.6 is 22.6 Å². The van der Waals surface area contributed by atoms with Crippen molar-refractivity contribution in [2.45, 2.75) is 35.7 Å². The summed E-state index contributed by atoms with van der Waals surface area (Å²) in [5.41, 5.74) is 0.167. The molecular formula is C13H17IO4. The Bertz CT molecular complexity index is 392. The largest absolute Gasteiger partial charge is 0.469 e. The first-order valence-corrected chi connectivity index (χ1v) is 7.19. The third kappa shape index (κ3) is 2.70. The van der Waals surface area contributed by atoms with Crippen molar-refractivity contribution < 1.29 is 19.1 Å². The molecule has 2 aliphatic carbocycles. The van der Waals surface area contributed by atoms with Crippen LogP contribution in [0.3, 0.4) is 0 Å². The molecule has 0 aromatic heterocycles. The summed E-state index contributed by atoms with van der Waals surface area (Å²) in [6.45, 7) is 3.60. The molecule has 2 saturated carbocycles. The van der Waals surface area contributed by atoms with Crippen molar-refractivity contribution in [3.8, 4) is 0 Å². The molecule has 0 spiro atoms. The summed E-state index contributed by atoms with van der Waals surface area (Å²) < 4.78 is 9.69. The molecule has 0 aromatic carbocycles. The Hall–Kier alpha value is -0.590. The van der Waals surface area contributed by atoms with Crippen LogP contribution in [0.25, 0.3) is 0 Å². The predicted octanol–water partition coefficient (Wildman–Crippen LogP) is 2.60. The molecule has 100 valence electrons. The average molecular weight is 364 g/mol. The van der Waals surface area contributed by atoms with Crippen LogP contribution < -0.4 is 0 Å². The summed E-state index contributed by atoms with van der Waals surface area (Å²) in [6.07, 6.45) is 4.35. The van der Waals surface area contributed by atoms with Crippen LogP contribution in [0, 0.1) is 11.8 Å². The van der Waals surface area contributed by atoms with Gasteiger partial charge < -0.3 is 9.47 Å². The number of carbonyl (C=O) groups is 2. The van der Waals surface area contributed by atoms with Crippen molar-refractivity contribution in [1.29, 1.82) is 0 Å². The minimum Gasteiger partial charge on any atom is -0.469 e. The van der Waals surface area contributed by atoms with E-state index in [9.17, 15) is 9.59 Å². The normalized spacial score (nSPS) is 33.2. The van der Waals surface area contributed by atoms with Crippen molar-refractivity contribution in [3.05, 3.63) is 12.2 Å². The molecule has 0 aromatic rings. The quantitative estimate of drug-likeness (QED) is 0.333. The smallest absolute Gasteiger partial charge is 0.335 e. The first kappa shape index (κ1) is 13.8. The summed E-state index contributed by atoms with van der Waals surface area (Å²) in [6, 6.07) is 0. The second kappa shape index (κ2) is 5.19. The third-order valence-electron chi connectivity index (χ3n) is 3.85. The Balaban J connectivity index is 1.91. The topological polar surface area (TPSA) is 52.6 Å². The Kier molecular flexibility index (Phi) is 3.99. The van der Waals surface area contributed by atoms with Gasteiger partial charge in [-0.1, -0.05) is 6.58 Å². The highest BCUT2D eigenvalue weighted by molar-refractivity contribution is 14.1. The fourth-order valence-electron chi connectivity index (χ4n) is 2.88. The monoisotopic (exact) mass is 364 g/mol. The molecule has 5 heteroatoms. The number of hydrogen-bond donors (Lipinski definition) is 0. The number of halogens is 1. The number of methoxy groups -OCH3 is 1. The van der Waals surface area contributed by atoms with Crippen molar-refractivity contribution in [2.24, 2.45) is 11.8 Å². The second-order valence-electron chi connectivity index (χ2n) is 5.11. The van der Waals surface area contributed by atoms with Crippen molar-refractivity contribution in [2.75, 3.05) is 7.11 Å². The van der Waals surface area contributed by atoms with E-state index in [-0.39, 0.29) is 12.0 Å². The highest BCUT2D eigenvalue weighted by atomic mass is 127. The van der Waals surface area contributed by atoms with Gasteiger partial charge in [-0.25, -0.2) is 4.79 Å². The zero-order valence-electron chi connectivity index (χ0n) is 10.4. The van der Waals surface area contributed by atoms with Crippen LogP contribution in [0.4, 0.5) is 0 Å². The first-order chi connectivity index (χ1) is 8.44. The number of ether oxygens (including phenoxy) is 2. The summed E-state index contributed by atoms with van der Waals surface area (Å²) in [5.74, 6) is 0.210. The molecule has 18 heavy (non-hydrogen) atoms.